The molecule has 1 aliphatic heterocycles. The fraction of sp³-hybridized carbons (Fsp3) is 0.364. The van der Waals surface area contributed by atoms with Gasteiger partial charge in [0.2, 0.25) is 0 Å². The number of rotatable bonds is 1. The topological polar surface area (TPSA) is 108 Å². The molecule has 0 aromatic heterocycles. The number of hydrogen-bond donors (Lipinski definition) is 1. The van der Waals surface area contributed by atoms with E-state index in [9.17, 15) is 19.6 Å². The van der Waals surface area contributed by atoms with E-state index >= 15 is 0 Å². The number of allylic oxidation sites excluding steroid dienone is 3. The van der Waals surface area contributed by atoms with E-state index in [2.05, 4.69) is 6.07 Å². The van der Waals surface area contributed by atoms with Crippen molar-refractivity contribution in [2.45, 2.75) is 25.2 Å². The summed E-state index contributed by atoms with van der Waals surface area (Å²) < 4.78 is 0. The minimum atomic E-state index is -1.87. The van der Waals surface area contributed by atoms with E-state index in [0.29, 0.717) is 11.4 Å². The minimum Gasteiger partial charge on any atom is -0.400 e. The average Bonchev–Trinajstić information content (AvgIpc) is 2.76. The molecule has 2 N–H and O–H groups in total. The molecule has 0 unspecified atom stereocenters. The molecule has 2 aliphatic carbocycles. The predicted octanol–water partition coefficient (Wildman–Crippen LogP) is 2.94. The van der Waals surface area contributed by atoms with Crippen LogP contribution in [0.5, 0.6) is 0 Å². The Morgan fingerprint density at radius 2 is 1.73 bits per heavy atom. The molecule has 1 fully saturated rings. The number of halogens is 1. The van der Waals surface area contributed by atoms with Crippen molar-refractivity contribution in [3.05, 3.63) is 57.8 Å². The van der Waals surface area contributed by atoms with Crippen molar-refractivity contribution < 1.29 is 14.4 Å². The van der Waals surface area contributed by atoms with Crippen molar-refractivity contribution in [2.24, 2.45) is 17.1 Å². The molecule has 154 valence electrons. The Kier molecular flexibility index (Phi) is 4.70. The van der Waals surface area contributed by atoms with Crippen LogP contribution < -0.4 is 5.73 Å². The number of carbonyl (C=O) groups excluding carboxylic acids is 3. The molecular formula is C22H21ClN4O3. The van der Waals surface area contributed by atoms with E-state index < -0.39 is 29.2 Å². The second kappa shape index (κ2) is 6.99. The second-order valence-corrected chi connectivity index (χ2v) is 8.38. The monoisotopic (exact) mass is 424 g/mol. The van der Waals surface area contributed by atoms with Crippen LogP contribution in [-0.4, -0.2) is 41.7 Å². The van der Waals surface area contributed by atoms with Crippen molar-refractivity contribution >= 4 is 29.4 Å². The first-order chi connectivity index (χ1) is 14.3. The van der Waals surface area contributed by atoms with E-state index in [1.165, 1.54) is 14.1 Å². The summed E-state index contributed by atoms with van der Waals surface area (Å²) in [6.45, 7) is 0. The average molecular weight is 425 g/mol. The maximum atomic E-state index is 13.7. The summed E-state index contributed by atoms with van der Waals surface area (Å²) in [5.41, 5.74) is 6.21. The number of nitrogens with zero attached hydrogens (tertiary/aromatic N) is 3. The number of barbiturate groups is 1. The van der Waals surface area contributed by atoms with Gasteiger partial charge in [-0.05, 0) is 48.4 Å². The second-order valence-electron chi connectivity index (χ2n) is 7.95. The Morgan fingerprint density at radius 3 is 2.30 bits per heavy atom. The van der Waals surface area contributed by atoms with Gasteiger partial charge in [-0.3, -0.25) is 19.4 Å². The van der Waals surface area contributed by atoms with Gasteiger partial charge in [0.1, 0.15) is 6.07 Å². The standard InChI is InChI=1S/C22H21ClN4O3/c1-26-19(28)22(20(29)27(2)21(26)30)17(12-7-9-13(23)10-8-12)15-6-4-3-5-14(15)16(11-24)18(22)25/h5,7-10,15,17H,3-4,6,25H2,1-2H3/t15-,17+/m1/s1. The lowest BCUT2D eigenvalue weighted by atomic mass is 9.54. The summed E-state index contributed by atoms with van der Waals surface area (Å²) in [6.07, 6.45) is 4.33. The van der Waals surface area contributed by atoms with Gasteiger partial charge in [0.25, 0.3) is 11.8 Å². The van der Waals surface area contributed by atoms with Gasteiger partial charge in [-0.15, -0.1) is 0 Å². The van der Waals surface area contributed by atoms with Crippen LogP contribution in [0.25, 0.3) is 0 Å². The molecule has 30 heavy (non-hydrogen) atoms. The van der Waals surface area contributed by atoms with Crippen LogP contribution in [0.3, 0.4) is 0 Å². The SMILES string of the molecule is CN1C(=O)N(C)C(=O)C2(C1=O)C(N)=C(C#N)C1=CCCC[C@H]1[C@@H]2c1ccc(Cl)cc1. The number of nitriles is 1. The molecule has 3 aliphatic rings. The molecule has 1 saturated heterocycles. The number of imide groups is 2. The third kappa shape index (κ3) is 2.47. The Labute approximate surface area is 179 Å². The van der Waals surface area contributed by atoms with Crippen molar-refractivity contribution in [3.8, 4) is 6.07 Å². The van der Waals surface area contributed by atoms with Crippen LogP contribution in [0.4, 0.5) is 4.79 Å². The Morgan fingerprint density at radius 1 is 1.13 bits per heavy atom. The summed E-state index contributed by atoms with van der Waals surface area (Å²) in [5.74, 6) is -2.32. The van der Waals surface area contributed by atoms with Crippen LogP contribution in [0.2, 0.25) is 5.02 Å². The highest BCUT2D eigenvalue weighted by Gasteiger charge is 2.66. The van der Waals surface area contributed by atoms with Gasteiger partial charge < -0.3 is 5.73 Å². The molecule has 1 heterocycles. The number of benzene rings is 1. The number of carbonyl (C=O) groups is 3. The fourth-order valence-corrected chi connectivity index (χ4v) is 5.28. The van der Waals surface area contributed by atoms with Crippen LogP contribution >= 0.6 is 11.6 Å². The summed E-state index contributed by atoms with van der Waals surface area (Å²) >= 11 is 6.08. The number of nitrogens with two attached hydrogens (primary N) is 1. The minimum absolute atomic E-state index is 0.0875. The van der Waals surface area contributed by atoms with E-state index in [-0.39, 0.29) is 17.2 Å². The first-order valence-electron chi connectivity index (χ1n) is 9.73. The van der Waals surface area contributed by atoms with Gasteiger partial charge in [0, 0.05) is 25.0 Å². The van der Waals surface area contributed by atoms with Crippen LogP contribution in [0.15, 0.2) is 47.2 Å². The lowest BCUT2D eigenvalue weighted by Gasteiger charge is -2.52. The Hall–Kier alpha value is -3.11. The van der Waals surface area contributed by atoms with Crippen molar-refractivity contribution in [1.29, 1.82) is 5.26 Å². The van der Waals surface area contributed by atoms with Crippen LogP contribution in [0, 0.1) is 22.7 Å². The van der Waals surface area contributed by atoms with Crippen LogP contribution in [0.1, 0.15) is 30.7 Å². The van der Waals surface area contributed by atoms with Gasteiger partial charge in [0.15, 0.2) is 5.41 Å². The van der Waals surface area contributed by atoms with Gasteiger partial charge in [0.05, 0.1) is 11.3 Å². The lowest BCUT2D eigenvalue weighted by Crippen LogP contribution is -2.68. The molecule has 4 rings (SSSR count). The summed E-state index contributed by atoms with van der Waals surface area (Å²) in [5, 5.41) is 10.4. The van der Waals surface area contributed by atoms with E-state index in [0.717, 1.165) is 33.8 Å². The number of hydrogen-bond acceptors (Lipinski definition) is 5. The fourth-order valence-electron chi connectivity index (χ4n) is 5.15. The van der Waals surface area contributed by atoms with E-state index in [4.69, 9.17) is 17.3 Å². The molecule has 7 nitrogen and oxygen atoms in total. The zero-order valence-corrected chi connectivity index (χ0v) is 17.4. The number of fused-ring (bicyclic) bond motifs is 1. The highest BCUT2D eigenvalue weighted by atomic mass is 35.5. The molecule has 1 spiro atoms. The highest BCUT2D eigenvalue weighted by molar-refractivity contribution is 6.30. The van der Waals surface area contributed by atoms with E-state index in [1.54, 1.807) is 24.3 Å². The molecule has 0 radical (unpaired) electrons. The van der Waals surface area contributed by atoms with Gasteiger partial charge in [-0.1, -0.05) is 29.8 Å². The molecule has 8 heteroatoms. The van der Waals surface area contributed by atoms with Gasteiger partial charge >= 0.3 is 6.03 Å². The van der Waals surface area contributed by atoms with Crippen molar-refractivity contribution in [2.75, 3.05) is 14.1 Å². The Bertz CT molecular complexity index is 1040. The zero-order valence-electron chi connectivity index (χ0n) is 16.7. The molecule has 4 amide bonds. The van der Waals surface area contributed by atoms with Crippen molar-refractivity contribution in [3.63, 3.8) is 0 Å². The maximum absolute atomic E-state index is 13.7. The zero-order chi connectivity index (χ0) is 21.8. The molecule has 2 atom stereocenters. The number of amides is 4. The molecule has 0 saturated carbocycles. The third-order valence-electron chi connectivity index (χ3n) is 6.53. The largest absolute Gasteiger partial charge is 0.400 e. The summed E-state index contributed by atoms with van der Waals surface area (Å²) in [4.78, 5) is 41.6. The first kappa shape index (κ1) is 20.2. The quantitative estimate of drug-likeness (QED) is 0.697. The summed E-state index contributed by atoms with van der Waals surface area (Å²) in [7, 11) is 2.67. The molecule has 0 bridgehead atoms. The van der Waals surface area contributed by atoms with Gasteiger partial charge in [-0.25, -0.2) is 4.79 Å². The predicted molar refractivity (Wildman–Crippen MR) is 110 cm³/mol. The summed E-state index contributed by atoms with van der Waals surface area (Å²) in [6, 6.07) is 8.37. The molecule has 1 aromatic carbocycles. The normalized spacial score (nSPS) is 25.9. The smallest absolute Gasteiger partial charge is 0.332 e. The first-order valence-corrected chi connectivity index (χ1v) is 10.1. The maximum Gasteiger partial charge on any atom is 0.332 e. The highest BCUT2D eigenvalue weighted by Crippen LogP contribution is 2.58. The lowest BCUT2D eigenvalue weighted by molar-refractivity contribution is -0.157. The third-order valence-corrected chi connectivity index (χ3v) is 6.79. The number of urea groups is 1. The molecule has 1 aromatic rings. The Balaban J connectivity index is 2.10. The van der Waals surface area contributed by atoms with E-state index in [1.807, 2.05) is 6.08 Å². The van der Waals surface area contributed by atoms with Crippen LogP contribution in [-0.2, 0) is 9.59 Å². The molecular weight excluding hydrogens is 404 g/mol. The van der Waals surface area contributed by atoms with Gasteiger partial charge in [-0.2, -0.15) is 5.26 Å². The van der Waals surface area contributed by atoms with Crippen molar-refractivity contribution in [1.82, 2.24) is 9.80 Å².